The molecule has 0 aliphatic carbocycles. The van der Waals surface area contributed by atoms with Crippen LogP contribution in [0.1, 0.15) is 0 Å². The third-order valence-corrected chi connectivity index (χ3v) is 4.84. The Bertz CT molecular complexity index is 1190. The first-order valence-electron chi connectivity index (χ1n) is 9.08. The van der Waals surface area contributed by atoms with Gasteiger partial charge in [-0.25, -0.2) is 4.98 Å². The van der Waals surface area contributed by atoms with E-state index in [4.69, 9.17) is 4.98 Å². The van der Waals surface area contributed by atoms with Gasteiger partial charge in [-0.3, -0.25) is 4.40 Å². The minimum absolute atomic E-state index is 0.957. The summed E-state index contributed by atoms with van der Waals surface area (Å²) < 4.78 is 2.16. The molecule has 0 fully saturated rings. The second-order valence-corrected chi connectivity index (χ2v) is 6.55. The predicted octanol–water partition coefficient (Wildman–Crippen LogP) is 6.34. The summed E-state index contributed by atoms with van der Waals surface area (Å²) in [5.41, 5.74) is 7.81. The van der Waals surface area contributed by atoms with Crippen LogP contribution in [0.15, 0.2) is 109 Å². The van der Waals surface area contributed by atoms with Crippen molar-refractivity contribution in [3.05, 3.63) is 109 Å². The maximum Gasteiger partial charge on any atom is 0.137 e. The first-order chi connectivity index (χ1) is 13.4. The smallest absolute Gasteiger partial charge is 0.137 e. The van der Waals surface area contributed by atoms with E-state index in [0.29, 0.717) is 0 Å². The molecule has 0 aliphatic heterocycles. The number of benzene rings is 3. The second-order valence-electron chi connectivity index (χ2n) is 6.55. The Morgan fingerprint density at radius 3 is 1.74 bits per heavy atom. The SMILES string of the molecule is c1ccc(-c2ccc(-c3nc4ccccn4c3-c3ccccc3)cc2)cc1. The zero-order valence-electron chi connectivity index (χ0n) is 14.8. The molecule has 0 aliphatic rings. The molecule has 0 saturated carbocycles. The van der Waals surface area contributed by atoms with Crippen molar-refractivity contribution in [3.63, 3.8) is 0 Å². The lowest BCUT2D eigenvalue weighted by Gasteiger charge is -2.07. The summed E-state index contributed by atoms with van der Waals surface area (Å²) in [6.07, 6.45) is 2.08. The van der Waals surface area contributed by atoms with Crippen LogP contribution in [0.3, 0.4) is 0 Å². The van der Waals surface area contributed by atoms with Crippen LogP contribution >= 0.6 is 0 Å². The van der Waals surface area contributed by atoms with Gasteiger partial charge in [-0.15, -0.1) is 0 Å². The molecule has 27 heavy (non-hydrogen) atoms. The molecule has 0 bridgehead atoms. The van der Waals surface area contributed by atoms with E-state index in [9.17, 15) is 0 Å². The molecule has 2 heteroatoms. The van der Waals surface area contributed by atoms with Crippen LogP contribution in [-0.4, -0.2) is 9.38 Å². The van der Waals surface area contributed by atoms with Crippen molar-refractivity contribution in [2.24, 2.45) is 0 Å². The van der Waals surface area contributed by atoms with Gasteiger partial charge in [0.1, 0.15) is 5.65 Å². The van der Waals surface area contributed by atoms with E-state index in [-0.39, 0.29) is 0 Å². The second kappa shape index (κ2) is 6.58. The van der Waals surface area contributed by atoms with E-state index in [1.165, 1.54) is 16.7 Å². The number of imidazole rings is 1. The van der Waals surface area contributed by atoms with Gasteiger partial charge < -0.3 is 0 Å². The Hall–Kier alpha value is -3.65. The topological polar surface area (TPSA) is 17.3 Å². The summed E-state index contributed by atoms with van der Waals surface area (Å²) in [7, 11) is 0. The van der Waals surface area contributed by atoms with Crippen LogP contribution in [0, 0.1) is 0 Å². The largest absolute Gasteiger partial charge is 0.299 e. The summed E-state index contributed by atoms with van der Waals surface area (Å²) >= 11 is 0. The Labute approximate surface area is 158 Å². The molecule has 0 unspecified atom stereocenters. The van der Waals surface area contributed by atoms with Gasteiger partial charge in [0.2, 0.25) is 0 Å². The number of aromatic nitrogens is 2. The number of rotatable bonds is 3. The van der Waals surface area contributed by atoms with Crippen LogP contribution in [0.5, 0.6) is 0 Å². The first kappa shape index (κ1) is 15.6. The zero-order chi connectivity index (χ0) is 18.1. The zero-order valence-corrected chi connectivity index (χ0v) is 14.8. The summed E-state index contributed by atoms with van der Waals surface area (Å²) in [6.45, 7) is 0. The summed E-state index contributed by atoms with van der Waals surface area (Å²) in [5.74, 6) is 0. The molecule has 0 N–H and O–H groups in total. The van der Waals surface area contributed by atoms with Crippen LogP contribution in [0.25, 0.3) is 39.3 Å². The molecule has 0 saturated heterocycles. The van der Waals surface area contributed by atoms with Gasteiger partial charge in [-0.1, -0.05) is 91.0 Å². The molecule has 0 atom stereocenters. The third kappa shape index (κ3) is 2.81. The maximum atomic E-state index is 4.92. The van der Waals surface area contributed by atoms with Crippen LogP contribution in [-0.2, 0) is 0 Å². The van der Waals surface area contributed by atoms with Crippen molar-refractivity contribution in [1.29, 1.82) is 0 Å². The number of hydrogen-bond acceptors (Lipinski definition) is 1. The van der Waals surface area contributed by atoms with Crippen molar-refractivity contribution in [3.8, 4) is 33.6 Å². The standard InChI is InChI=1S/C25H18N2/c1-3-9-19(10-4-1)20-14-16-21(17-15-20)24-25(22-11-5-2-6-12-22)27-18-8-7-13-23(27)26-24/h1-18H. The van der Waals surface area contributed by atoms with Crippen LogP contribution < -0.4 is 0 Å². The minimum atomic E-state index is 0.957. The average Bonchev–Trinajstić information content (AvgIpc) is 3.15. The van der Waals surface area contributed by atoms with Gasteiger partial charge >= 0.3 is 0 Å². The van der Waals surface area contributed by atoms with Gasteiger partial charge in [0, 0.05) is 17.3 Å². The normalized spacial score (nSPS) is 11.0. The van der Waals surface area contributed by atoms with Gasteiger partial charge in [0.25, 0.3) is 0 Å². The molecule has 5 rings (SSSR count). The highest BCUT2D eigenvalue weighted by Crippen LogP contribution is 2.33. The van der Waals surface area contributed by atoms with E-state index in [1.54, 1.807) is 0 Å². The van der Waals surface area contributed by atoms with E-state index in [1.807, 2.05) is 30.3 Å². The molecule has 0 spiro atoms. The number of hydrogen-bond donors (Lipinski definition) is 0. The molecule has 2 heterocycles. The summed E-state index contributed by atoms with van der Waals surface area (Å²) in [5, 5.41) is 0. The quantitative estimate of drug-likeness (QED) is 0.373. The fourth-order valence-corrected chi connectivity index (χ4v) is 3.52. The van der Waals surface area contributed by atoms with Gasteiger partial charge in [-0.2, -0.15) is 0 Å². The Kier molecular flexibility index (Phi) is 3.80. The lowest BCUT2D eigenvalue weighted by Crippen LogP contribution is -1.89. The van der Waals surface area contributed by atoms with E-state index in [0.717, 1.165) is 22.6 Å². The molecular weight excluding hydrogens is 328 g/mol. The highest BCUT2D eigenvalue weighted by atomic mass is 15.0. The molecule has 2 aromatic heterocycles. The fraction of sp³-hybridized carbons (Fsp3) is 0. The molecule has 128 valence electrons. The van der Waals surface area contributed by atoms with Crippen molar-refractivity contribution < 1.29 is 0 Å². The molecule has 3 aromatic carbocycles. The number of nitrogens with zero attached hydrogens (tertiary/aromatic N) is 2. The van der Waals surface area contributed by atoms with E-state index < -0.39 is 0 Å². The molecule has 0 amide bonds. The third-order valence-electron chi connectivity index (χ3n) is 4.84. The van der Waals surface area contributed by atoms with Gasteiger partial charge in [0.15, 0.2) is 0 Å². The van der Waals surface area contributed by atoms with Crippen molar-refractivity contribution in [2.75, 3.05) is 0 Å². The van der Waals surface area contributed by atoms with Crippen molar-refractivity contribution >= 4 is 5.65 Å². The highest BCUT2D eigenvalue weighted by molar-refractivity contribution is 5.83. The van der Waals surface area contributed by atoms with Gasteiger partial charge in [0.05, 0.1) is 11.4 Å². The number of fused-ring (bicyclic) bond motifs is 1. The van der Waals surface area contributed by atoms with Crippen molar-refractivity contribution in [2.45, 2.75) is 0 Å². The molecule has 0 radical (unpaired) electrons. The monoisotopic (exact) mass is 346 g/mol. The molecule has 2 nitrogen and oxygen atoms in total. The van der Waals surface area contributed by atoms with Gasteiger partial charge in [-0.05, 0) is 23.3 Å². The minimum Gasteiger partial charge on any atom is -0.299 e. The van der Waals surface area contributed by atoms with E-state index >= 15 is 0 Å². The molecule has 5 aromatic rings. The van der Waals surface area contributed by atoms with Crippen LogP contribution in [0.2, 0.25) is 0 Å². The highest BCUT2D eigenvalue weighted by Gasteiger charge is 2.15. The lowest BCUT2D eigenvalue weighted by molar-refractivity contribution is 1.19. The summed E-state index contributed by atoms with van der Waals surface area (Å²) in [6, 6.07) is 35.7. The van der Waals surface area contributed by atoms with Crippen LogP contribution in [0.4, 0.5) is 0 Å². The Morgan fingerprint density at radius 2 is 1.04 bits per heavy atom. The first-order valence-corrected chi connectivity index (χ1v) is 9.08. The maximum absolute atomic E-state index is 4.92. The van der Waals surface area contributed by atoms with E-state index in [2.05, 4.69) is 83.4 Å². The Balaban J connectivity index is 1.67. The average molecular weight is 346 g/mol. The number of pyridine rings is 1. The Morgan fingerprint density at radius 1 is 0.481 bits per heavy atom. The lowest BCUT2D eigenvalue weighted by atomic mass is 10.0. The predicted molar refractivity (Wildman–Crippen MR) is 111 cm³/mol. The van der Waals surface area contributed by atoms with Crippen molar-refractivity contribution in [1.82, 2.24) is 9.38 Å². The molecular formula is C25H18N2. The fourth-order valence-electron chi connectivity index (χ4n) is 3.52. The summed E-state index contributed by atoms with van der Waals surface area (Å²) in [4.78, 5) is 4.92.